The van der Waals surface area contributed by atoms with E-state index in [0.29, 0.717) is 16.5 Å². The number of nitrogens with one attached hydrogen (secondary N) is 1. The summed E-state index contributed by atoms with van der Waals surface area (Å²) in [5, 5.41) is 11.5. The molecule has 6 heteroatoms. The molecule has 0 aliphatic rings. The van der Waals surface area contributed by atoms with E-state index < -0.39 is 17.9 Å². The average molecular weight is 315 g/mol. The van der Waals surface area contributed by atoms with Crippen LogP contribution in [0.25, 0.3) is 0 Å². The molecule has 0 saturated heterocycles. The molecule has 18 heavy (non-hydrogen) atoms. The highest BCUT2D eigenvalue weighted by Crippen LogP contribution is 2.14. The minimum absolute atomic E-state index is 0.382. The Kier molecular flexibility index (Phi) is 5.77. The zero-order valence-corrected chi connectivity index (χ0v) is 11.6. The molecule has 0 aliphatic carbocycles. The van der Waals surface area contributed by atoms with Crippen LogP contribution in [-0.4, -0.2) is 28.0 Å². The van der Waals surface area contributed by atoms with Gasteiger partial charge >= 0.3 is 5.97 Å². The minimum Gasteiger partial charge on any atom is -0.480 e. The molecule has 0 fully saturated rings. The number of pyridine rings is 1. The van der Waals surface area contributed by atoms with Gasteiger partial charge in [0.05, 0.1) is 5.56 Å². The highest BCUT2D eigenvalue weighted by molar-refractivity contribution is 9.10. The number of aliphatic carboxylic acids is 1. The van der Waals surface area contributed by atoms with Crippen molar-refractivity contribution >= 4 is 27.8 Å². The molecule has 0 saturated carbocycles. The number of hydrogen-bond acceptors (Lipinski definition) is 3. The van der Waals surface area contributed by atoms with E-state index in [-0.39, 0.29) is 0 Å². The summed E-state index contributed by atoms with van der Waals surface area (Å²) in [6.45, 7) is 1.97. The lowest BCUT2D eigenvalue weighted by molar-refractivity contribution is -0.139. The van der Waals surface area contributed by atoms with E-state index in [1.54, 1.807) is 0 Å². The molecule has 0 aliphatic heterocycles. The first kappa shape index (κ1) is 14.6. The second-order valence-electron chi connectivity index (χ2n) is 3.86. The van der Waals surface area contributed by atoms with Crippen molar-refractivity contribution in [1.82, 2.24) is 10.3 Å². The summed E-state index contributed by atoms with van der Waals surface area (Å²) < 4.78 is 0.544. The van der Waals surface area contributed by atoms with E-state index in [2.05, 4.69) is 26.2 Å². The Morgan fingerprint density at radius 3 is 2.83 bits per heavy atom. The molecule has 1 aromatic rings. The monoisotopic (exact) mass is 314 g/mol. The number of aromatic nitrogens is 1. The number of unbranched alkanes of at least 4 members (excludes halogenated alkanes) is 1. The lowest BCUT2D eigenvalue weighted by Crippen LogP contribution is -2.40. The van der Waals surface area contributed by atoms with Crippen molar-refractivity contribution < 1.29 is 14.7 Å². The van der Waals surface area contributed by atoms with Crippen LogP contribution in [-0.2, 0) is 4.79 Å². The summed E-state index contributed by atoms with van der Waals surface area (Å²) in [5.41, 5.74) is 0.382. The number of amides is 1. The van der Waals surface area contributed by atoms with Crippen molar-refractivity contribution in [2.24, 2.45) is 0 Å². The molecular weight excluding hydrogens is 300 g/mol. The summed E-state index contributed by atoms with van der Waals surface area (Å²) in [6, 6.07) is 0.690. The van der Waals surface area contributed by atoms with Gasteiger partial charge in [0, 0.05) is 16.9 Å². The zero-order chi connectivity index (χ0) is 13.5. The predicted molar refractivity (Wildman–Crippen MR) is 70.4 cm³/mol. The van der Waals surface area contributed by atoms with Crippen molar-refractivity contribution in [3.8, 4) is 0 Å². The second kappa shape index (κ2) is 7.10. The van der Waals surface area contributed by atoms with Gasteiger partial charge in [-0.2, -0.15) is 0 Å². The molecule has 98 valence electrons. The molecule has 0 radical (unpaired) electrons. The third-order valence-electron chi connectivity index (χ3n) is 2.47. The van der Waals surface area contributed by atoms with Gasteiger partial charge in [0.15, 0.2) is 0 Å². The van der Waals surface area contributed by atoms with Crippen LogP contribution in [0.15, 0.2) is 22.9 Å². The first-order valence-corrected chi connectivity index (χ1v) is 6.48. The molecule has 1 aromatic heterocycles. The predicted octanol–water partition coefficient (Wildman–Crippen LogP) is 2.22. The molecule has 1 atom stereocenters. The summed E-state index contributed by atoms with van der Waals surface area (Å²) in [7, 11) is 0. The van der Waals surface area contributed by atoms with Crippen LogP contribution >= 0.6 is 15.9 Å². The van der Waals surface area contributed by atoms with Gasteiger partial charge in [-0.1, -0.05) is 19.8 Å². The van der Waals surface area contributed by atoms with Gasteiger partial charge in [0.1, 0.15) is 6.04 Å². The summed E-state index contributed by atoms with van der Waals surface area (Å²) in [5.74, 6) is -1.42. The van der Waals surface area contributed by atoms with Crippen molar-refractivity contribution in [2.45, 2.75) is 32.2 Å². The zero-order valence-electron chi connectivity index (χ0n) is 10.0. The first-order chi connectivity index (χ1) is 8.56. The van der Waals surface area contributed by atoms with E-state index >= 15 is 0 Å². The van der Waals surface area contributed by atoms with E-state index in [0.717, 1.165) is 12.8 Å². The van der Waals surface area contributed by atoms with Gasteiger partial charge in [0.2, 0.25) is 0 Å². The van der Waals surface area contributed by atoms with Crippen LogP contribution in [0.4, 0.5) is 0 Å². The molecule has 1 amide bonds. The molecule has 2 N–H and O–H groups in total. The Bertz CT molecular complexity index is 437. The van der Waals surface area contributed by atoms with Crippen LogP contribution < -0.4 is 5.32 Å². The Morgan fingerprint density at radius 2 is 2.28 bits per heavy atom. The van der Waals surface area contributed by atoms with E-state index in [9.17, 15) is 9.59 Å². The highest BCUT2D eigenvalue weighted by Gasteiger charge is 2.20. The number of carboxylic acid groups (broad SMARTS) is 1. The van der Waals surface area contributed by atoms with Gasteiger partial charge in [-0.05, 0) is 28.4 Å². The van der Waals surface area contributed by atoms with Crippen LogP contribution in [0.3, 0.4) is 0 Å². The van der Waals surface area contributed by atoms with Crippen molar-refractivity contribution in [1.29, 1.82) is 0 Å². The average Bonchev–Trinajstić information content (AvgIpc) is 2.34. The summed E-state index contributed by atoms with van der Waals surface area (Å²) >= 11 is 3.21. The minimum atomic E-state index is -1.01. The molecule has 1 heterocycles. The van der Waals surface area contributed by atoms with Gasteiger partial charge < -0.3 is 10.4 Å². The van der Waals surface area contributed by atoms with Crippen molar-refractivity contribution in [3.63, 3.8) is 0 Å². The summed E-state index contributed by atoms with van der Waals surface area (Å²) in [6.07, 6.45) is 5.06. The fraction of sp³-hybridized carbons (Fsp3) is 0.417. The maximum absolute atomic E-state index is 11.9. The number of carbonyl (C=O) groups is 2. The van der Waals surface area contributed by atoms with Gasteiger partial charge in [-0.15, -0.1) is 0 Å². The molecule has 1 unspecified atom stereocenters. The lowest BCUT2D eigenvalue weighted by atomic mass is 10.1. The number of rotatable bonds is 6. The molecule has 0 bridgehead atoms. The van der Waals surface area contributed by atoms with Crippen LogP contribution in [0, 0.1) is 0 Å². The smallest absolute Gasteiger partial charge is 0.326 e. The Hall–Kier alpha value is -1.43. The second-order valence-corrected chi connectivity index (χ2v) is 4.72. The van der Waals surface area contributed by atoms with Gasteiger partial charge in [-0.25, -0.2) is 4.79 Å². The van der Waals surface area contributed by atoms with Gasteiger partial charge in [0.25, 0.3) is 5.91 Å². The molecule has 0 spiro atoms. The normalized spacial score (nSPS) is 11.9. The van der Waals surface area contributed by atoms with Crippen LogP contribution in [0.5, 0.6) is 0 Å². The molecule has 0 aromatic carbocycles. The van der Waals surface area contributed by atoms with Crippen LogP contribution in [0.2, 0.25) is 0 Å². The maximum atomic E-state index is 11.9. The maximum Gasteiger partial charge on any atom is 0.326 e. The fourth-order valence-corrected chi connectivity index (χ4v) is 1.89. The fourth-order valence-electron chi connectivity index (χ4n) is 1.46. The summed E-state index contributed by atoms with van der Waals surface area (Å²) in [4.78, 5) is 26.8. The van der Waals surface area contributed by atoms with Gasteiger partial charge in [-0.3, -0.25) is 9.78 Å². The van der Waals surface area contributed by atoms with E-state index in [4.69, 9.17) is 5.11 Å². The molecule has 5 nitrogen and oxygen atoms in total. The highest BCUT2D eigenvalue weighted by atomic mass is 79.9. The van der Waals surface area contributed by atoms with E-state index in [1.807, 2.05) is 6.92 Å². The van der Waals surface area contributed by atoms with Crippen molar-refractivity contribution in [2.75, 3.05) is 0 Å². The SMILES string of the molecule is CCCCC(NC(=O)c1ccncc1Br)C(=O)O. The number of carboxylic acids is 1. The molecule has 1 rings (SSSR count). The topological polar surface area (TPSA) is 79.3 Å². The lowest BCUT2D eigenvalue weighted by Gasteiger charge is -2.14. The van der Waals surface area contributed by atoms with Crippen molar-refractivity contribution in [3.05, 3.63) is 28.5 Å². The third kappa shape index (κ3) is 4.10. The Balaban J connectivity index is 2.72. The Labute approximate surface area is 114 Å². The third-order valence-corrected chi connectivity index (χ3v) is 3.10. The Morgan fingerprint density at radius 1 is 1.56 bits per heavy atom. The van der Waals surface area contributed by atoms with Crippen LogP contribution in [0.1, 0.15) is 36.5 Å². The number of halogens is 1. The number of carbonyl (C=O) groups excluding carboxylic acids is 1. The standard InChI is InChI=1S/C12H15BrN2O3/c1-2-3-4-10(12(17)18)15-11(16)8-5-6-14-7-9(8)13/h5-7,10H,2-4H2,1H3,(H,15,16)(H,17,18). The molecular formula is C12H15BrN2O3. The first-order valence-electron chi connectivity index (χ1n) is 5.69. The van der Waals surface area contributed by atoms with E-state index in [1.165, 1.54) is 18.5 Å². The quantitative estimate of drug-likeness (QED) is 0.843. The number of nitrogens with zero attached hydrogens (tertiary/aromatic N) is 1. The largest absolute Gasteiger partial charge is 0.480 e. The number of hydrogen-bond donors (Lipinski definition) is 2.